The minimum atomic E-state index is -4.67. The van der Waals surface area contributed by atoms with E-state index in [1.165, 1.54) is 6.92 Å². The molecule has 0 aliphatic rings. The molecule has 0 atom stereocenters. The van der Waals surface area contributed by atoms with E-state index >= 15 is 0 Å². The van der Waals surface area contributed by atoms with Crippen LogP contribution in [0.25, 0.3) is 0 Å². The fourth-order valence-corrected chi connectivity index (χ4v) is 0.474. The Labute approximate surface area is 98.2 Å². The third kappa shape index (κ3) is 17.8. The first-order valence-corrected chi connectivity index (χ1v) is 3.19. The summed E-state index contributed by atoms with van der Waals surface area (Å²) in [5.41, 5.74) is 0. The van der Waals surface area contributed by atoms with Crippen LogP contribution in [0.1, 0.15) is 6.92 Å². The summed E-state index contributed by atoms with van der Waals surface area (Å²) in [5.74, 6) is 0. The Balaban J connectivity index is -0.000000180. The molecule has 0 rings (SSSR count). The van der Waals surface area contributed by atoms with E-state index < -0.39 is 7.82 Å². The standard InChI is InChI=1S/C2H7O4P.2Na/c1-2-6-7(3,4)5;;/h2H2,1H3,(H2,3,4,5);;/q;2*+1/p-2. The summed E-state index contributed by atoms with van der Waals surface area (Å²) in [7, 11) is -4.67. The predicted molar refractivity (Wildman–Crippen MR) is 19.2 cm³/mol. The van der Waals surface area contributed by atoms with E-state index in [-0.39, 0.29) is 65.7 Å². The minimum Gasteiger partial charge on any atom is -0.790 e. The van der Waals surface area contributed by atoms with Crippen LogP contribution >= 0.6 is 7.82 Å². The van der Waals surface area contributed by atoms with Crippen LogP contribution in [0.15, 0.2) is 0 Å². The van der Waals surface area contributed by atoms with Gasteiger partial charge in [-0.15, -0.1) is 0 Å². The zero-order valence-corrected chi connectivity index (χ0v) is 10.7. The van der Waals surface area contributed by atoms with Gasteiger partial charge in [0.25, 0.3) is 0 Å². The molecule has 0 aromatic heterocycles. The summed E-state index contributed by atoms with van der Waals surface area (Å²) in [5, 5.41) is 0. The molecule has 0 N–H and O–H groups in total. The second-order valence-corrected chi connectivity index (χ2v) is 2.02. The van der Waals surface area contributed by atoms with Gasteiger partial charge in [-0.2, -0.15) is 0 Å². The Morgan fingerprint density at radius 2 is 1.78 bits per heavy atom. The van der Waals surface area contributed by atoms with Crippen LogP contribution in [0.4, 0.5) is 0 Å². The van der Waals surface area contributed by atoms with E-state index in [4.69, 9.17) is 0 Å². The zero-order valence-electron chi connectivity index (χ0n) is 5.79. The first-order valence-electron chi connectivity index (χ1n) is 1.73. The molecule has 7 heteroatoms. The summed E-state index contributed by atoms with van der Waals surface area (Å²) in [4.78, 5) is 19.0. The fraction of sp³-hybridized carbons (Fsp3) is 1.00. The molecule has 0 bridgehead atoms. The summed E-state index contributed by atoms with van der Waals surface area (Å²) in [6, 6.07) is 0. The van der Waals surface area contributed by atoms with Crippen molar-refractivity contribution in [1.29, 1.82) is 0 Å². The van der Waals surface area contributed by atoms with E-state index in [2.05, 4.69) is 4.52 Å². The normalized spacial score (nSPS) is 9.22. The van der Waals surface area contributed by atoms with Crippen molar-refractivity contribution in [3.8, 4) is 0 Å². The molecule has 0 unspecified atom stereocenters. The van der Waals surface area contributed by atoms with Crippen LogP contribution in [0.5, 0.6) is 0 Å². The average Bonchev–Trinajstić information content (AvgIpc) is 1.30. The maximum atomic E-state index is 9.48. The Morgan fingerprint density at radius 3 is 1.78 bits per heavy atom. The van der Waals surface area contributed by atoms with Crippen molar-refractivity contribution in [3.63, 3.8) is 0 Å². The van der Waals surface area contributed by atoms with Crippen molar-refractivity contribution in [2.75, 3.05) is 6.61 Å². The summed E-state index contributed by atoms with van der Waals surface area (Å²) < 4.78 is 13.2. The molecule has 0 saturated carbocycles. The van der Waals surface area contributed by atoms with Gasteiger partial charge in [0.15, 0.2) is 0 Å². The quantitative estimate of drug-likeness (QED) is 0.305. The van der Waals surface area contributed by atoms with Gasteiger partial charge in [-0.05, 0) is 6.92 Å². The van der Waals surface area contributed by atoms with Crippen molar-refractivity contribution < 1.29 is 78.0 Å². The van der Waals surface area contributed by atoms with Gasteiger partial charge in [0.05, 0.1) is 7.82 Å². The van der Waals surface area contributed by atoms with Crippen molar-refractivity contribution in [2.45, 2.75) is 6.92 Å². The topological polar surface area (TPSA) is 72.4 Å². The molecule has 9 heavy (non-hydrogen) atoms. The number of hydrogen-bond donors (Lipinski definition) is 0. The Hall–Kier alpha value is 2.11. The Bertz CT molecular complexity index is 90.6. The van der Waals surface area contributed by atoms with E-state index in [9.17, 15) is 14.4 Å². The molecule has 0 aliphatic heterocycles. The smallest absolute Gasteiger partial charge is 0.790 e. The van der Waals surface area contributed by atoms with Crippen molar-refractivity contribution in [3.05, 3.63) is 0 Å². The second kappa shape index (κ2) is 8.21. The fourth-order valence-electron chi connectivity index (χ4n) is 0.158. The number of phosphoric acid groups is 1. The van der Waals surface area contributed by atoms with E-state index in [0.29, 0.717) is 0 Å². The first-order chi connectivity index (χ1) is 3.06. The average molecular weight is 170 g/mol. The molecular formula is C2H5Na2O4P. The first kappa shape index (κ1) is 17.3. The van der Waals surface area contributed by atoms with Gasteiger partial charge in [-0.3, -0.25) is 0 Å². The molecule has 0 radical (unpaired) electrons. The van der Waals surface area contributed by atoms with Crippen LogP contribution in [0.2, 0.25) is 0 Å². The molecule has 0 aliphatic carbocycles. The number of hydrogen-bond acceptors (Lipinski definition) is 4. The van der Waals surface area contributed by atoms with Gasteiger partial charge in [-0.25, -0.2) is 0 Å². The molecule has 4 nitrogen and oxygen atoms in total. The molecule has 0 amide bonds. The zero-order chi connectivity index (χ0) is 5.91. The summed E-state index contributed by atoms with van der Waals surface area (Å²) in [6.45, 7) is 1.35. The summed E-state index contributed by atoms with van der Waals surface area (Å²) in [6.07, 6.45) is 0. The Kier molecular flexibility index (Phi) is 15.7. The molecule has 0 fully saturated rings. The van der Waals surface area contributed by atoms with Crippen LogP contribution in [-0.4, -0.2) is 6.61 Å². The van der Waals surface area contributed by atoms with Gasteiger partial charge in [0.1, 0.15) is 0 Å². The molecule has 0 saturated heterocycles. The molecular weight excluding hydrogens is 165 g/mol. The molecule has 0 aromatic rings. The Morgan fingerprint density at radius 1 is 1.44 bits per heavy atom. The van der Waals surface area contributed by atoms with Gasteiger partial charge in [0.2, 0.25) is 0 Å². The molecule has 0 spiro atoms. The predicted octanol–water partition coefficient (Wildman–Crippen LogP) is -7.14. The molecule has 0 heterocycles. The third-order valence-electron chi connectivity index (χ3n) is 0.287. The van der Waals surface area contributed by atoms with Gasteiger partial charge in [0, 0.05) is 6.61 Å². The van der Waals surface area contributed by atoms with E-state index in [1.807, 2.05) is 0 Å². The maximum Gasteiger partial charge on any atom is 1.00 e. The van der Waals surface area contributed by atoms with Crippen molar-refractivity contribution in [1.82, 2.24) is 0 Å². The van der Waals surface area contributed by atoms with Crippen LogP contribution in [0.3, 0.4) is 0 Å². The monoisotopic (exact) mass is 170 g/mol. The van der Waals surface area contributed by atoms with Gasteiger partial charge < -0.3 is 18.9 Å². The third-order valence-corrected chi connectivity index (χ3v) is 0.862. The second-order valence-electron chi connectivity index (χ2n) is 0.865. The van der Waals surface area contributed by atoms with Crippen LogP contribution in [0, 0.1) is 0 Å². The largest absolute Gasteiger partial charge is 1.00 e. The van der Waals surface area contributed by atoms with Crippen molar-refractivity contribution >= 4 is 7.82 Å². The van der Waals surface area contributed by atoms with Gasteiger partial charge >= 0.3 is 59.1 Å². The summed E-state index contributed by atoms with van der Waals surface area (Å²) >= 11 is 0. The number of rotatable bonds is 2. The van der Waals surface area contributed by atoms with Crippen LogP contribution in [-0.2, 0) is 9.09 Å². The number of phosphoric ester groups is 1. The van der Waals surface area contributed by atoms with Crippen LogP contribution < -0.4 is 68.9 Å². The van der Waals surface area contributed by atoms with Crippen molar-refractivity contribution in [2.24, 2.45) is 0 Å². The molecule has 0 aromatic carbocycles. The van der Waals surface area contributed by atoms with E-state index in [1.54, 1.807) is 0 Å². The minimum absolute atomic E-state index is 0. The SMILES string of the molecule is CCOP(=O)([O-])[O-].[Na+].[Na+]. The maximum absolute atomic E-state index is 9.48. The molecule has 44 valence electrons. The van der Waals surface area contributed by atoms with Gasteiger partial charge in [-0.1, -0.05) is 0 Å². The van der Waals surface area contributed by atoms with E-state index in [0.717, 1.165) is 0 Å².